The number of hydrogen-bond donors (Lipinski definition) is 1. The van der Waals surface area contributed by atoms with Crippen LogP contribution in [-0.4, -0.2) is 38.0 Å². The van der Waals surface area contributed by atoms with Gasteiger partial charge in [-0.05, 0) is 37.1 Å². The second-order valence-electron chi connectivity index (χ2n) is 4.86. The standard InChI is InChI=1S/C14H19FN2O.ClH/c1-16-7-8-17(2)14(18)13-9-12(13)10-3-5-11(15)6-4-10;/h3-6,12-13,16H,7-9H2,1-2H3;1H. The Bertz CT molecular complexity index is 424. The van der Waals surface area contributed by atoms with Gasteiger partial charge in [0.15, 0.2) is 0 Å². The van der Waals surface area contributed by atoms with E-state index in [-0.39, 0.29) is 36.0 Å². The van der Waals surface area contributed by atoms with E-state index in [1.54, 1.807) is 17.0 Å². The molecular weight excluding hydrogens is 267 g/mol. The summed E-state index contributed by atoms with van der Waals surface area (Å²) in [5.41, 5.74) is 1.07. The average Bonchev–Trinajstić information content (AvgIpc) is 3.16. The molecule has 2 rings (SSSR count). The van der Waals surface area contributed by atoms with Gasteiger partial charge in [0.2, 0.25) is 5.91 Å². The highest BCUT2D eigenvalue weighted by Gasteiger charge is 2.44. The normalized spacial score (nSPS) is 20.6. The first-order valence-electron chi connectivity index (χ1n) is 6.28. The van der Waals surface area contributed by atoms with Gasteiger partial charge in [0.1, 0.15) is 5.82 Å². The second kappa shape index (κ2) is 6.87. The molecule has 1 saturated carbocycles. The minimum absolute atomic E-state index is 0. The van der Waals surface area contributed by atoms with Crippen molar-refractivity contribution >= 4 is 18.3 Å². The lowest BCUT2D eigenvalue weighted by Gasteiger charge is -2.16. The van der Waals surface area contributed by atoms with Crippen LogP contribution >= 0.6 is 12.4 Å². The molecule has 1 aromatic rings. The highest BCUT2D eigenvalue weighted by Crippen LogP contribution is 2.48. The maximum atomic E-state index is 12.8. The Kier molecular flexibility index (Phi) is 5.76. The van der Waals surface area contributed by atoms with E-state index in [0.29, 0.717) is 0 Å². The van der Waals surface area contributed by atoms with E-state index in [0.717, 1.165) is 25.1 Å². The van der Waals surface area contributed by atoms with Gasteiger partial charge in [0.25, 0.3) is 0 Å². The molecule has 1 aliphatic carbocycles. The number of nitrogens with one attached hydrogen (secondary N) is 1. The molecule has 5 heteroatoms. The fraction of sp³-hybridized carbons (Fsp3) is 0.500. The molecule has 2 atom stereocenters. The Morgan fingerprint density at radius 2 is 2.05 bits per heavy atom. The molecule has 3 nitrogen and oxygen atoms in total. The molecule has 1 aromatic carbocycles. The number of halogens is 2. The number of amides is 1. The number of carbonyl (C=O) groups excluding carboxylic acids is 1. The van der Waals surface area contributed by atoms with E-state index in [2.05, 4.69) is 5.32 Å². The first-order valence-corrected chi connectivity index (χ1v) is 6.28. The van der Waals surface area contributed by atoms with Crippen LogP contribution in [0.5, 0.6) is 0 Å². The van der Waals surface area contributed by atoms with Crippen molar-refractivity contribution in [2.75, 3.05) is 27.2 Å². The van der Waals surface area contributed by atoms with Crippen molar-refractivity contribution in [3.8, 4) is 0 Å². The Morgan fingerprint density at radius 1 is 1.42 bits per heavy atom. The summed E-state index contributed by atoms with van der Waals surface area (Å²) in [7, 11) is 3.70. The number of carbonyl (C=O) groups is 1. The molecule has 0 bridgehead atoms. The number of benzene rings is 1. The summed E-state index contributed by atoms with van der Waals surface area (Å²) in [5, 5.41) is 3.03. The zero-order valence-corrected chi connectivity index (χ0v) is 12.0. The number of hydrogen-bond acceptors (Lipinski definition) is 2. The van der Waals surface area contributed by atoms with Gasteiger partial charge in [-0.2, -0.15) is 0 Å². The largest absolute Gasteiger partial charge is 0.344 e. The van der Waals surface area contributed by atoms with Crippen LogP contribution in [0.3, 0.4) is 0 Å². The Labute approximate surface area is 119 Å². The molecule has 0 aliphatic heterocycles. The fourth-order valence-corrected chi connectivity index (χ4v) is 2.22. The fourth-order valence-electron chi connectivity index (χ4n) is 2.22. The van der Waals surface area contributed by atoms with E-state index in [1.807, 2.05) is 14.1 Å². The summed E-state index contributed by atoms with van der Waals surface area (Å²) in [5.74, 6) is 0.320. The van der Waals surface area contributed by atoms with Gasteiger partial charge < -0.3 is 10.2 Å². The SMILES string of the molecule is CNCCN(C)C(=O)C1CC1c1ccc(F)cc1.Cl. The molecular formula is C14H20ClFN2O. The van der Waals surface area contributed by atoms with Crippen molar-refractivity contribution in [1.82, 2.24) is 10.2 Å². The second-order valence-corrected chi connectivity index (χ2v) is 4.86. The van der Waals surface area contributed by atoms with Gasteiger partial charge in [-0.3, -0.25) is 4.79 Å². The Morgan fingerprint density at radius 3 is 2.63 bits per heavy atom. The zero-order chi connectivity index (χ0) is 13.1. The first kappa shape index (κ1) is 15.9. The molecule has 0 aromatic heterocycles. The van der Waals surface area contributed by atoms with Crippen molar-refractivity contribution in [2.45, 2.75) is 12.3 Å². The molecule has 1 amide bonds. The smallest absolute Gasteiger partial charge is 0.226 e. The first-order chi connectivity index (χ1) is 8.63. The van der Waals surface area contributed by atoms with Crippen molar-refractivity contribution in [1.29, 1.82) is 0 Å². The highest BCUT2D eigenvalue weighted by molar-refractivity contribution is 5.85. The average molecular weight is 287 g/mol. The van der Waals surface area contributed by atoms with Crippen LogP contribution in [0.4, 0.5) is 4.39 Å². The third-order valence-electron chi connectivity index (χ3n) is 3.48. The molecule has 0 radical (unpaired) electrons. The molecule has 1 N–H and O–H groups in total. The Hall–Kier alpha value is -1.13. The predicted molar refractivity (Wildman–Crippen MR) is 76.1 cm³/mol. The lowest BCUT2D eigenvalue weighted by atomic mass is 10.1. The van der Waals surface area contributed by atoms with E-state index in [4.69, 9.17) is 0 Å². The predicted octanol–water partition coefficient (Wildman–Crippen LogP) is 2.03. The van der Waals surface area contributed by atoms with Crippen molar-refractivity contribution in [3.05, 3.63) is 35.6 Å². The molecule has 19 heavy (non-hydrogen) atoms. The van der Waals surface area contributed by atoms with Crippen LogP contribution in [0.2, 0.25) is 0 Å². The van der Waals surface area contributed by atoms with Crippen molar-refractivity contribution < 1.29 is 9.18 Å². The summed E-state index contributed by atoms with van der Waals surface area (Å²) in [6, 6.07) is 6.47. The van der Waals surface area contributed by atoms with Crippen LogP contribution < -0.4 is 5.32 Å². The molecule has 2 unspecified atom stereocenters. The number of nitrogens with zero attached hydrogens (tertiary/aromatic N) is 1. The van der Waals surface area contributed by atoms with Crippen LogP contribution in [0.1, 0.15) is 17.9 Å². The van der Waals surface area contributed by atoms with Gasteiger partial charge in [-0.25, -0.2) is 4.39 Å². The van der Waals surface area contributed by atoms with Crippen LogP contribution in [-0.2, 0) is 4.79 Å². The maximum absolute atomic E-state index is 12.8. The summed E-state index contributed by atoms with van der Waals surface area (Å²) in [4.78, 5) is 13.9. The third kappa shape index (κ3) is 3.91. The minimum atomic E-state index is -0.228. The van der Waals surface area contributed by atoms with E-state index in [9.17, 15) is 9.18 Å². The van der Waals surface area contributed by atoms with Gasteiger partial charge in [-0.1, -0.05) is 12.1 Å². The van der Waals surface area contributed by atoms with Crippen LogP contribution in [0, 0.1) is 11.7 Å². The third-order valence-corrected chi connectivity index (χ3v) is 3.48. The number of rotatable bonds is 5. The number of likely N-dealkylation sites (N-methyl/N-ethyl adjacent to an activating group) is 2. The lowest BCUT2D eigenvalue weighted by molar-refractivity contribution is -0.131. The summed E-state index contributed by atoms with van der Waals surface area (Å²) >= 11 is 0. The quantitative estimate of drug-likeness (QED) is 0.898. The van der Waals surface area contributed by atoms with Gasteiger partial charge in [0.05, 0.1) is 0 Å². The topological polar surface area (TPSA) is 32.3 Å². The summed E-state index contributed by atoms with van der Waals surface area (Å²) < 4.78 is 12.8. The molecule has 106 valence electrons. The monoisotopic (exact) mass is 286 g/mol. The van der Waals surface area contributed by atoms with Gasteiger partial charge >= 0.3 is 0 Å². The maximum Gasteiger partial charge on any atom is 0.226 e. The van der Waals surface area contributed by atoms with Gasteiger partial charge in [0, 0.05) is 26.1 Å². The Balaban J connectivity index is 0.00000180. The van der Waals surface area contributed by atoms with Crippen LogP contribution in [0.15, 0.2) is 24.3 Å². The zero-order valence-electron chi connectivity index (χ0n) is 11.2. The van der Waals surface area contributed by atoms with Gasteiger partial charge in [-0.15, -0.1) is 12.4 Å². The van der Waals surface area contributed by atoms with E-state index in [1.165, 1.54) is 12.1 Å². The molecule has 0 saturated heterocycles. The van der Waals surface area contributed by atoms with Crippen LogP contribution in [0.25, 0.3) is 0 Å². The van der Waals surface area contributed by atoms with Crippen molar-refractivity contribution in [2.24, 2.45) is 5.92 Å². The molecule has 0 spiro atoms. The minimum Gasteiger partial charge on any atom is -0.344 e. The lowest BCUT2D eigenvalue weighted by Crippen LogP contribution is -2.34. The van der Waals surface area contributed by atoms with E-state index < -0.39 is 0 Å². The van der Waals surface area contributed by atoms with E-state index >= 15 is 0 Å². The molecule has 1 fully saturated rings. The highest BCUT2D eigenvalue weighted by atomic mass is 35.5. The summed E-state index contributed by atoms with van der Waals surface area (Å²) in [6.07, 6.45) is 0.883. The van der Waals surface area contributed by atoms with Crippen molar-refractivity contribution in [3.63, 3.8) is 0 Å². The summed E-state index contributed by atoms with van der Waals surface area (Å²) in [6.45, 7) is 1.53. The molecule has 1 aliphatic rings. The molecule has 0 heterocycles.